The number of anilines is 1. The molecule has 0 fully saturated rings. The highest BCUT2D eigenvalue weighted by Crippen LogP contribution is 2.53. The third kappa shape index (κ3) is 2.61. The quantitative estimate of drug-likeness (QED) is 0.934. The molecule has 2 aromatic carbocycles. The van der Waals surface area contributed by atoms with E-state index in [-0.39, 0.29) is 12.3 Å². The lowest BCUT2D eigenvalue weighted by Gasteiger charge is -2.26. The van der Waals surface area contributed by atoms with Crippen LogP contribution in [-0.2, 0) is 14.3 Å². The van der Waals surface area contributed by atoms with E-state index in [1.165, 1.54) is 11.8 Å². The summed E-state index contributed by atoms with van der Waals surface area (Å²) in [5.74, 6) is -1.17. The largest absolute Gasteiger partial charge is 0.481 e. The average molecular weight is 327 g/mol. The molecule has 5 heteroatoms. The Morgan fingerprint density at radius 1 is 1.17 bits per heavy atom. The Kier molecular flexibility index (Phi) is 3.90. The molecule has 1 aliphatic heterocycles. The van der Waals surface area contributed by atoms with Crippen LogP contribution in [0.5, 0.6) is 0 Å². The molecular formula is C18H17NO3S. The Labute approximate surface area is 139 Å². The lowest BCUT2D eigenvalue weighted by molar-refractivity contribution is -0.139. The van der Waals surface area contributed by atoms with Crippen molar-refractivity contribution >= 4 is 29.3 Å². The smallest absolute Gasteiger partial charge is 0.305 e. The first-order valence-corrected chi connectivity index (χ1v) is 8.11. The van der Waals surface area contributed by atoms with Crippen LogP contribution in [0.25, 0.3) is 0 Å². The molecule has 4 nitrogen and oxygen atoms in total. The third-order valence-corrected chi connectivity index (χ3v) is 5.46. The number of thioether (sulfide) groups is 1. The van der Waals surface area contributed by atoms with Crippen LogP contribution >= 0.6 is 11.8 Å². The zero-order valence-electron chi connectivity index (χ0n) is 12.9. The number of carbonyl (C=O) groups excluding carboxylic acids is 1. The highest BCUT2D eigenvalue weighted by Gasteiger charge is 2.51. The first-order valence-electron chi connectivity index (χ1n) is 7.29. The summed E-state index contributed by atoms with van der Waals surface area (Å²) in [4.78, 5) is 26.9. The molecule has 0 saturated carbocycles. The second-order valence-corrected chi connectivity index (χ2v) is 7.07. The molecule has 3 rings (SSSR count). The standard InChI is InChI=1S/C18H17NO3S/c1-12-7-9-13(10-8-12)23-18(11-16(20)21)14-5-3-4-6-15(14)19(2)17(18)22/h3-10H,11H2,1-2H3,(H,20,21). The van der Waals surface area contributed by atoms with Crippen LogP contribution in [0.15, 0.2) is 53.4 Å². The summed E-state index contributed by atoms with van der Waals surface area (Å²) >= 11 is 1.32. The van der Waals surface area contributed by atoms with Gasteiger partial charge in [0.05, 0.1) is 6.42 Å². The fraction of sp³-hybridized carbons (Fsp3) is 0.222. The molecule has 0 spiro atoms. The zero-order valence-corrected chi connectivity index (χ0v) is 13.8. The molecule has 0 saturated heterocycles. The predicted molar refractivity (Wildman–Crippen MR) is 90.8 cm³/mol. The van der Waals surface area contributed by atoms with Gasteiger partial charge in [-0.25, -0.2) is 0 Å². The number of carboxylic acid groups (broad SMARTS) is 1. The van der Waals surface area contributed by atoms with E-state index in [1.807, 2.05) is 55.5 Å². The molecule has 1 unspecified atom stereocenters. The highest BCUT2D eigenvalue weighted by atomic mass is 32.2. The first kappa shape index (κ1) is 15.6. The molecular weight excluding hydrogens is 310 g/mol. The molecule has 0 radical (unpaired) electrons. The maximum atomic E-state index is 12.9. The Morgan fingerprint density at radius 3 is 2.48 bits per heavy atom. The van der Waals surface area contributed by atoms with Crippen molar-refractivity contribution in [2.24, 2.45) is 0 Å². The minimum absolute atomic E-state index is 0.188. The van der Waals surface area contributed by atoms with E-state index < -0.39 is 10.7 Å². The number of para-hydroxylation sites is 1. The van der Waals surface area contributed by atoms with Crippen molar-refractivity contribution in [2.75, 3.05) is 11.9 Å². The van der Waals surface area contributed by atoms with Crippen molar-refractivity contribution in [2.45, 2.75) is 23.0 Å². The Morgan fingerprint density at radius 2 is 1.83 bits per heavy atom. The van der Waals surface area contributed by atoms with E-state index in [9.17, 15) is 14.7 Å². The van der Waals surface area contributed by atoms with E-state index in [1.54, 1.807) is 11.9 Å². The number of nitrogens with zero attached hydrogens (tertiary/aromatic N) is 1. The van der Waals surface area contributed by atoms with Crippen LogP contribution in [-0.4, -0.2) is 24.0 Å². The normalized spacial score (nSPS) is 19.7. The number of rotatable bonds is 4. The van der Waals surface area contributed by atoms with Gasteiger partial charge in [0.1, 0.15) is 4.75 Å². The van der Waals surface area contributed by atoms with Crippen molar-refractivity contribution < 1.29 is 14.7 Å². The number of fused-ring (bicyclic) bond motifs is 1. The SMILES string of the molecule is Cc1ccc(SC2(CC(=O)O)C(=O)N(C)c3ccccc32)cc1. The maximum absolute atomic E-state index is 12.9. The molecule has 2 aromatic rings. The van der Waals surface area contributed by atoms with Gasteiger partial charge in [0.25, 0.3) is 0 Å². The molecule has 1 N–H and O–H groups in total. The molecule has 0 aliphatic carbocycles. The van der Waals surface area contributed by atoms with Crippen LogP contribution in [0.2, 0.25) is 0 Å². The van der Waals surface area contributed by atoms with Gasteiger partial charge >= 0.3 is 5.97 Å². The fourth-order valence-corrected chi connectivity index (χ4v) is 4.31. The first-order chi connectivity index (χ1) is 10.9. The van der Waals surface area contributed by atoms with Gasteiger partial charge in [-0.15, -0.1) is 11.8 Å². The summed E-state index contributed by atoms with van der Waals surface area (Å²) in [5, 5.41) is 9.41. The van der Waals surface area contributed by atoms with Gasteiger partial charge in [-0.05, 0) is 25.1 Å². The van der Waals surface area contributed by atoms with Crippen molar-refractivity contribution in [3.63, 3.8) is 0 Å². The summed E-state index contributed by atoms with van der Waals surface area (Å²) < 4.78 is -1.12. The van der Waals surface area contributed by atoms with E-state index in [2.05, 4.69) is 0 Å². The molecule has 1 atom stereocenters. The van der Waals surface area contributed by atoms with E-state index in [4.69, 9.17) is 0 Å². The number of likely N-dealkylation sites (N-methyl/N-ethyl adjacent to an activating group) is 1. The molecule has 0 bridgehead atoms. The summed E-state index contributed by atoms with van der Waals surface area (Å²) in [6, 6.07) is 15.2. The molecule has 23 heavy (non-hydrogen) atoms. The lowest BCUT2D eigenvalue weighted by atomic mass is 9.96. The minimum atomic E-state index is -1.12. The summed E-state index contributed by atoms with van der Waals surface area (Å²) in [6.45, 7) is 1.99. The second-order valence-electron chi connectivity index (χ2n) is 5.69. The summed E-state index contributed by atoms with van der Waals surface area (Å²) in [7, 11) is 1.69. The number of carboxylic acids is 1. The third-order valence-electron chi connectivity index (χ3n) is 4.06. The second kappa shape index (κ2) is 5.74. The van der Waals surface area contributed by atoms with Crippen LogP contribution in [0.1, 0.15) is 17.5 Å². The van der Waals surface area contributed by atoms with Crippen LogP contribution in [0.3, 0.4) is 0 Å². The lowest BCUT2D eigenvalue weighted by Crippen LogP contribution is -2.37. The van der Waals surface area contributed by atoms with Gasteiger partial charge in [-0.3, -0.25) is 9.59 Å². The zero-order chi connectivity index (χ0) is 16.6. The summed E-state index contributed by atoms with van der Waals surface area (Å²) in [6.07, 6.45) is -0.244. The van der Waals surface area contributed by atoms with Crippen LogP contribution in [0.4, 0.5) is 5.69 Å². The highest BCUT2D eigenvalue weighted by molar-refractivity contribution is 8.01. The average Bonchev–Trinajstić information content (AvgIpc) is 2.72. The molecule has 0 aromatic heterocycles. The number of aliphatic carboxylic acids is 1. The Bertz CT molecular complexity index is 772. The van der Waals surface area contributed by atoms with E-state index in [0.717, 1.165) is 21.7 Å². The number of aryl methyl sites for hydroxylation is 1. The topological polar surface area (TPSA) is 57.6 Å². The van der Waals surface area contributed by atoms with Crippen LogP contribution in [0, 0.1) is 6.92 Å². The fourth-order valence-electron chi connectivity index (χ4n) is 2.93. The molecule has 118 valence electrons. The molecule has 1 amide bonds. The monoisotopic (exact) mass is 327 g/mol. The van der Waals surface area contributed by atoms with Crippen molar-refractivity contribution in [1.82, 2.24) is 0 Å². The van der Waals surface area contributed by atoms with E-state index >= 15 is 0 Å². The number of amides is 1. The van der Waals surface area contributed by atoms with Gasteiger partial charge in [-0.1, -0.05) is 35.9 Å². The number of carbonyl (C=O) groups is 2. The van der Waals surface area contributed by atoms with E-state index in [0.29, 0.717) is 0 Å². The predicted octanol–water partition coefficient (Wildman–Crippen LogP) is 3.43. The van der Waals surface area contributed by atoms with Gasteiger partial charge in [-0.2, -0.15) is 0 Å². The number of hydrogen-bond acceptors (Lipinski definition) is 3. The van der Waals surface area contributed by atoms with Crippen molar-refractivity contribution in [3.8, 4) is 0 Å². The van der Waals surface area contributed by atoms with Gasteiger partial charge < -0.3 is 10.0 Å². The summed E-state index contributed by atoms with van der Waals surface area (Å²) in [5.41, 5.74) is 2.66. The molecule has 1 aliphatic rings. The Hall–Kier alpha value is -2.27. The number of hydrogen-bond donors (Lipinski definition) is 1. The maximum Gasteiger partial charge on any atom is 0.305 e. The van der Waals surface area contributed by atoms with Crippen LogP contribution < -0.4 is 4.90 Å². The minimum Gasteiger partial charge on any atom is -0.481 e. The van der Waals surface area contributed by atoms with Crippen molar-refractivity contribution in [3.05, 3.63) is 59.7 Å². The van der Waals surface area contributed by atoms with Crippen molar-refractivity contribution in [1.29, 1.82) is 0 Å². The Balaban J connectivity index is 2.12. The van der Waals surface area contributed by atoms with Gasteiger partial charge in [0.15, 0.2) is 0 Å². The van der Waals surface area contributed by atoms with Gasteiger partial charge in [0, 0.05) is 23.2 Å². The van der Waals surface area contributed by atoms with Gasteiger partial charge in [0.2, 0.25) is 5.91 Å². The molecule has 1 heterocycles. The number of benzene rings is 2.